The lowest BCUT2D eigenvalue weighted by atomic mass is 10.1. The minimum absolute atomic E-state index is 0.353. The molecule has 20 heavy (non-hydrogen) atoms. The number of ether oxygens (including phenoxy) is 1. The molecule has 0 aliphatic heterocycles. The SMILES string of the molecule is COCc1ccc(C(C#N)Nc2cccc(C)c2)cc1. The highest BCUT2D eigenvalue weighted by molar-refractivity contribution is 5.49. The van der Waals surface area contributed by atoms with Gasteiger partial charge in [0.25, 0.3) is 0 Å². The molecule has 0 aliphatic rings. The monoisotopic (exact) mass is 266 g/mol. The maximum atomic E-state index is 9.35. The second-order valence-electron chi connectivity index (χ2n) is 4.75. The molecule has 0 heterocycles. The van der Waals surface area contributed by atoms with Crippen LogP contribution in [0.15, 0.2) is 48.5 Å². The summed E-state index contributed by atoms with van der Waals surface area (Å²) in [6, 6.07) is 17.9. The molecular formula is C17H18N2O. The van der Waals surface area contributed by atoms with Gasteiger partial charge in [-0.15, -0.1) is 0 Å². The van der Waals surface area contributed by atoms with Crippen LogP contribution >= 0.6 is 0 Å². The van der Waals surface area contributed by atoms with E-state index in [2.05, 4.69) is 11.4 Å². The van der Waals surface area contributed by atoms with Crippen LogP contribution < -0.4 is 5.32 Å². The van der Waals surface area contributed by atoms with Gasteiger partial charge >= 0.3 is 0 Å². The number of rotatable bonds is 5. The number of hydrogen-bond acceptors (Lipinski definition) is 3. The highest BCUT2D eigenvalue weighted by Gasteiger charge is 2.10. The third-order valence-electron chi connectivity index (χ3n) is 3.08. The fourth-order valence-corrected chi connectivity index (χ4v) is 2.06. The van der Waals surface area contributed by atoms with Gasteiger partial charge in [-0.3, -0.25) is 0 Å². The van der Waals surface area contributed by atoms with Gasteiger partial charge in [0.2, 0.25) is 0 Å². The zero-order chi connectivity index (χ0) is 14.4. The lowest BCUT2D eigenvalue weighted by molar-refractivity contribution is 0.185. The van der Waals surface area contributed by atoms with Gasteiger partial charge in [0, 0.05) is 12.8 Å². The maximum Gasteiger partial charge on any atom is 0.140 e. The lowest BCUT2D eigenvalue weighted by Gasteiger charge is -2.14. The molecule has 0 amide bonds. The van der Waals surface area contributed by atoms with Crippen molar-refractivity contribution in [3.8, 4) is 6.07 Å². The molecule has 0 spiro atoms. The first-order valence-electron chi connectivity index (χ1n) is 6.53. The van der Waals surface area contributed by atoms with Crippen molar-refractivity contribution in [3.05, 3.63) is 65.2 Å². The number of anilines is 1. The van der Waals surface area contributed by atoms with Gasteiger partial charge in [0.15, 0.2) is 0 Å². The van der Waals surface area contributed by atoms with Crippen LogP contribution in [0.4, 0.5) is 5.69 Å². The second-order valence-corrected chi connectivity index (χ2v) is 4.75. The number of hydrogen-bond donors (Lipinski definition) is 1. The standard InChI is InChI=1S/C17H18N2O/c1-13-4-3-5-16(10-13)19-17(11-18)15-8-6-14(7-9-15)12-20-2/h3-10,17,19H,12H2,1-2H3. The van der Waals surface area contributed by atoms with Gasteiger partial charge in [0.05, 0.1) is 12.7 Å². The third-order valence-corrected chi connectivity index (χ3v) is 3.08. The summed E-state index contributed by atoms with van der Waals surface area (Å²) in [6.45, 7) is 2.62. The average Bonchev–Trinajstić information content (AvgIpc) is 2.46. The highest BCUT2D eigenvalue weighted by atomic mass is 16.5. The molecule has 0 aromatic heterocycles. The predicted molar refractivity (Wildman–Crippen MR) is 80.3 cm³/mol. The first-order chi connectivity index (χ1) is 9.72. The second kappa shape index (κ2) is 6.74. The molecule has 1 unspecified atom stereocenters. The van der Waals surface area contributed by atoms with Crippen molar-refractivity contribution >= 4 is 5.69 Å². The van der Waals surface area contributed by atoms with Gasteiger partial charge in [-0.2, -0.15) is 5.26 Å². The predicted octanol–water partition coefficient (Wildman–Crippen LogP) is 3.82. The van der Waals surface area contributed by atoms with E-state index in [4.69, 9.17) is 4.74 Å². The Kier molecular flexibility index (Phi) is 4.75. The van der Waals surface area contributed by atoms with Crippen molar-refractivity contribution in [2.45, 2.75) is 19.6 Å². The first-order valence-corrected chi connectivity index (χ1v) is 6.53. The molecule has 102 valence electrons. The number of aryl methyl sites for hydroxylation is 1. The molecule has 0 aliphatic carbocycles. The van der Waals surface area contributed by atoms with Crippen molar-refractivity contribution in [1.29, 1.82) is 5.26 Å². The molecule has 0 fully saturated rings. The Balaban J connectivity index is 2.14. The summed E-state index contributed by atoms with van der Waals surface area (Å²) in [5, 5.41) is 12.6. The van der Waals surface area contributed by atoms with Crippen molar-refractivity contribution in [3.63, 3.8) is 0 Å². The smallest absolute Gasteiger partial charge is 0.140 e. The third kappa shape index (κ3) is 3.59. The number of methoxy groups -OCH3 is 1. The quantitative estimate of drug-likeness (QED) is 0.894. The summed E-state index contributed by atoms with van der Waals surface area (Å²) in [5.41, 5.74) is 4.18. The minimum atomic E-state index is -0.353. The van der Waals surface area contributed by atoms with Crippen LogP contribution in [0.5, 0.6) is 0 Å². The van der Waals surface area contributed by atoms with E-state index in [9.17, 15) is 5.26 Å². The van der Waals surface area contributed by atoms with Crippen LogP contribution in [0.1, 0.15) is 22.7 Å². The van der Waals surface area contributed by atoms with Crippen LogP contribution in [-0.4, -0.2) is 7.11 Å². The zero-order valence-electron chi connectivity index (χ0n) is 11.8. The van der Waals surface area contributed by atoms with Gasteiger partial charge in [0.1, 0.15) is 6.04 Å². The molecular weight excluding hydrogens is 248 g/mol. The fraction of sp³-hybridized carbons (Fsp3) is 0.235. The van der Waals surface area contributed by atoms with E-state index in [-0.39, 0.29) is 6.04 Å². The molecule has 3 heteroatoms. The average molecular weight is 266 g/mol. The number of benzene rings is 2. The summed E-state index contributed by atoms with van der Waals surface area (Å²) in [4.78, 5) is 0. The molecule has 3 nitrogen and oxygen atoms in total. The molecule has 0 radical (unpaired) electrons. The van der Waals surface area contributed by atoms with Crippen molar-refractivity contribution < 1.29 is 4.74 Å². The van der Waals surface area contributed by atoms with Crippen molar-refractivity contribution in [1.82, 2.24) is 0 Å². The number of nitriles is 1. The van der Waals surface area contributed by atoms with E-state index in [1.807, 2.05) is 55.5 Å². The first kappa shape index (κ1) is 14.1. The highest BCUT2D eigenvalue weighted by Crippen LogP contribution is 2.20. The molecule has 2 aromatic rings. The van der Waals surface area contributed by atoms with Crippen LogP contribution in [-0.2, 0) is 11.3 Å². The Morgan fingerprint density at radius 3 is 2.55 bits per heavy atom. The summed E-state index contributed by atoms with van der Waals surface area (Å²) in [5.74, 6) is 0. The van der Waals surface area contributed by atoms with E-state index in [1.165, 1.54) is 5.56 Å². The Bertz CT molecular complexity index is 599. The minimum Gasteiger partial charge on any atom is -0.380 e. The Labute approximate surface area is 119 Å². The van der Waals surface area contributed by atoms with Crippen LogP contribution in [0.3, 0.4) is 0 Å². The van der Waals surface area contributed by atoms with Gasteiger partial charge < -0.3 is 10.1 Å². The van der Waals surface area contributed by atoms with Gasteiger partial charge in [-0.25, -0.2) is 0 Å². The molecule has 1 atom stereocenters. The largest absolute Gasteiger partial charge is 0.380 e. The fourth-order valence-electron chi connectivity index (χ4n) is 2.06. The molecule has 0 saturated heterocycles. The lowest BCUT2D eigenvalue weighted by Crippen LogP contribution is -2.08. The molecule has 0 bridgehead atoms. The zero-order valence-corrected chi connectivity index (χ0v) is 11.8. The number of nitrogens with one attached hydrogen (secondary N) is 1. The van der Waals surface area contributed by atoms with E-state index in [0.29, 0.717) is 6.61 Å². The molecule has 2 rings (SSSR count). The summed E-state index contributed by atoms with van der Waals surface area (Å²) in [7, 11) is 1.67. The van der Waals surface area contributed by atoms with E-state index in [1.54, 1.807) is 7.11 Å². The number of nitrogens with zero attached hydrogens (tertiary/aromatic N) is 1. The van der Waals surface area contributed by atoms with Crippen LogP contribution in [0.2, 0.25) is 0 Å². The molecule has 2 aromatic carbocycles. The van der Waals surface area contributed by atoms with Crippen molar-refractivity contribution in [2.24, 2.45) is 0 Å². The van der Waals surface area contributed by atoms with E-state index >= 15 is 0 Å². The normalized spacial score (nSPS) is 11.7. The van der Waals surface area contributed by atoms with Crippen molar-refractivity contribution in [2.75, 3.05) is 12.4 Å². The van der Waals surface area contributed by atoms with Gasteiger partial charge in [-0.1, -0.05) is 36.4 Å². The van der Waals surface area contributed by atoms with E-state index in [0.717, 1.165) is 16.8 Å². The summed E-state index contributed by atoms with van der Waals surface area (Å²) < 4.78 is 5.08. The Hall–Kier alpha value is -2.31. The Morgan fingerprint density at radius 1 is 1.20 bits per heavy atom. The van der Waals surface area contributed by atoms with E-state index < -0.39 is 0 Å². The summed E-state index contributed by atoms with van der Waals surface area (Å²) >= 11 is 0. The topological polar surface area (TPSA) is 45.0 Å². The molecule has 0 saturated carbocycles. The van der Waals surface area contributed by atoms with Crippen LogP contribution in [0, 0.1) is 18.3 Å². The molecule has 1 N–H and O–H groups in total. The van der Waals surface area contributed by atoms with Crippen LogP contribution in [0.25, 0.3) is 0 Å². The summed E-state index contributed by atoms with van der Waals surface area (Å²) in [6.07, 6.45) is 0. The van der Waals surface area contributed by atoms with Gasteiger partial charge in [-0.05, 0) is 35.7 Å². The Morgan fingerprint density at radius 2 is 1.95 bits per heavy atom. The maximum absolute atomic E-state index is 9.35.